The maximum atomic E-state index is 13.0. The van der Waals surface area contributed by atoms with Gasteiger partial charge in [-0.15, -0.1) is 0 Å². The van der Waals surface area contributed by atoms with E-state index in [0.717, 1.165) is 22.6 Å². The van der Waals surface area contributed by atoms with Crippen molar-refractivity contribution in [3.05, 3.63) is 71.6 Å². The van der Waals surface area contributed by atoms with Crippen LogP contribution in [0.1, 0.15) is 29.2 Å². The van der Waals surface area contributed by atoms with Crippen molar-refractivity contribution in [2.75, 3.05) is 6.79 Å². The highest BCUT2D eigenvalue weighted by atomic mass is 16.7. The van der Waals surface area contributed by atoms with Crippen molar-refractivity contribution < 1.29 is 14.3 Å². The molecule has 1 fully saturated rings. The van der Waals surface area contributed by atoms with Gasteiger partial charge in [0.25, 0.3) is 5.91 Å². The molecule has 5 rings (SSSR count). The van der Waals surface area contributed by atoms with E-state index in [9.17, 15) is 4.79 Å². The van der Waals surface area contributed by atoms with Gasteiger partial charge in [0.2, 0.25) is 6.79 Å². The SMILES string of the molecule is Cc1cccc(CN2C=CN3NC(c4ccc5c(c4)OCO5)CC3C2=O)c1. The number of amides is 1. The Hall–Kier alpha value is -2.99. The van der Waals surface area contributed by atoms with Gasteiger partial charge in [-0.2, -0.15) is 0 Å². The largest absolute Gasteiger partial charge is 0.454 e. The minimum Gasteiger partial charge on any atom is -0.454 e. The number of hydrogen-bond donors (Lipinski definition) is 1. The Morgan fingerprint density at radius 3 is 2.89 bits per heavy atom. The number of nitrogens with one attached hydrogen (secondary N) is 1. The van der Waals surface area contributed by atoms with E-state index in [-0.39, 0.29) is 24.8 Å². The summed E-state index contributed by atoms with van der Waals surface area (Å²) in [4.78, 5) is 14.8. The summed E-state index contributed by atoms with van der Waals surface area (Å²) >= 11 is 0. The second kappa shape index (κ2) is 6.32. The van der Waals surface area contributed by atoms with Crippen molar-refractivity contribution >= 4 is 5.91 Å². The lowest BCUT2D eigenvalue weighted by Crippen LogP contribution is -2.47. The number of ether oxygens (including phenoxy) is 2. The van der Waals surface area contributed by atoms with Crippen LogP contribution in [0.2, 0.25) is 0 Å². The molecule has 3 aliphatic rings. The molecule has 2 aromatic carbocycles. The third kappa shape index (κ3) is 2.92. The molecule has 2 unspecified atom stereocenters. The standard InChI is InChI=1S/C21H21N3O3/c1-14-3-2-4-15(9-14)12-23-7-8-24-18(21(23)25)11-17(22-24)16-5-6-19-20(10-16)27-13-26-19/h2-10,17-18,22H,11-13H2,1H3. The topological polar surface area (TPSA) is 54.0 Å². The third-order valence-electron chi connectivity index (χ3n) is 5.31. The fourth-order valence-electron chi connectivity index (χ4n) is 3.92. The molecule has 6 heteroatoms. The summed E-state index contributed by atoms with van der Waals surface area (Å²) in [5.74, 6) is 1.66. The lowest BCUT2D eigenvalue weighted by Gasteiger charge is -2.31. The number of hydrogen-bond acceptors (Lipinski definition) is 5. The van der Waals surface area contributed by atoms with Crippen molar-refractivity contribution in [3.8, 4) is 11.5 Å². The molecular formula is C21H21N3O3. The Bertz CT molecular complexity index is 927. The van der Waals surface area contributed by atoms with Crippen LogP contribution in [-0.4, -0.2) is 28.7 Å². The summed E-state index contributed by atoms with van der Waals surface area (Å²) < 4.78 is 10.9. The highest BCUT2D eigenvalue weighted by molar-refractivity contribution is 5.84. The van der Waals surface area contributed by atoms with Crippen LogP contribution in [0.4, 0.5) is 0 Å². The smallest absolute Gasteiger partial charge is 0.251 e. The van der Waals surface area contributed by atoms with Gasteiger partial charge in [0, 0.05) is 12.4 Å². The van der Waals surface area contributed by atoms with Crippen LogP contribution in [0.25, 0.3) is 0 Å². The van der Waals surface area contributed by atoms with Gasteiger partial charge in [0.15, 0.2) is 11.5 Å². The van der Waals surface area contributed by atoms with E-state index < -0.39 is 0 Å². The summed E-state index contributed by atoms with van der Waals surface area (Å²) in [5.41, 5.74) is 6.86. The van der Waals surface area contributed by atoms with E-state index in [1.54, 1.807) is 4.90 Å². The molecule has 0 bridgehead atoms. The predicted octanol–water partition coefficient (Wildman–Crippen LogP) is 2.86. The van der Waals surface area contributed by atoms with Crippen molar-refractivity contribution in [3.63, 3.8) is 0 Å². The lowest BCUT2D eigenvalue weighted by molar-refractivity contribution is -0.134. The van der Waals surface area contributed by atoms with Crippen LogP contribution < -0.4 is 14.9 Å². The number of benzene rings is 2. The van der Waals surface area contributed by atoms with Crippen LogP contribution in [0, 0.1) is 6.92 Å². The fourth-order valence-corrected chi connectivity index (χ4v) is 3.92. The van der Waals surface area contributed by atoms with Gasteiger partial charge in [-0.3, -0.25) is 4.79 Å². The van der Waals surface area contributed by atoms with Crippen LogP contribution in [-0.2, 0) is 11.3 Å². The minimum absolute atomic E-state index is 0.0667. The summed E-state index contributed by atoms with van der Waals surface area (Å²) in [6, 6.07) is 14.1. The maximum Gasteiger partial charge on any atom is 0.251 e. The second-order valence-electron chi connectivity index (χ2n) is 7.21. The van der Waals surface area contributed by atoms with Crippen LogP contribution >= 0.6 is 0 Å². The average molecular weight is 363 g/mol. The Kier molecular flexibility index (Phi) is 3.79. The van der Waals surface area contributed by atoms with E-state index in [1.165, 1.54) is 5.56 Å². The molecule has 27 heavy (non-hydrogen) atoms. The zero-order chi connectivity index (χ0) is 18.4. The second-order valence-corrected chi connectivity index (χ2v) is 7.21. The van der Waals surface area contributed by atoms with Crippen LogP contribution in [0.15, 0.2) is 54.9 Å². The molecule has 6 nitrogen and oxygen atoms in total. The summed E-state index contributed by atoms with van der Waals surface area (Å²) in [7, 11) is 0. The molecule has 3 heterocycles. The Labute approximate surface area is 157 Å². The fraction of sp³-hybridized carbons (Fsp3) is 0.286. The molecule has 1 N–H and O–H groups in total. The Morgan fingerprint density at radius 1 is 1.11 bits per heavy atom. The van der Waals surface area contributed by atoms with Crippen LogP contribution in [0.3, 0.4) is 0 Å². The molecule has 2 atom stereocenters. The van der Waals surface area contributed by atoms with Crippen molar-refractivity contribution in [2.45, 2.75) is 32.0 Å². The quantitative estimate of drug-likeness (QED) is 0.909. The molecule has 0 aliphatic carbocycles. The number of nitrogens with zero attached hydrogens (tertiary/aromatic N) is 2. The van der Waals surface area contributed by atoms with E-state index in [1.807, 2.05) is 41.7 Å². The Balaban J connectivity index is 1.32. The highest BCUT2D eigenvalue weighted by Gasteiger charge is 2.40. The number of carbonyl (C=O) groups excluding carboxylic acids is 1. The summed E-state index contributed by atoms with van der Waals surface area (Å²) in [6.07, 6.45) is 4.53. The van der Waals surface area contributed by atoms with Gasteiger partial charge in [0.05, 0.1) is 12.6 Å². The third-order valence-corrected chi connectivity index (χ3v) is 5.31. The minimum atomic E-state index is -0.199. The molecule has 0 saturated carbocycles. The van der Waals surface area contributed by atoms with E-state index in [4.69, 9.17) is 9.47 Å². The maximum absolute atomic E-state index is 13.0. The molecule has 138 valence electrons. The van der Waals surface area contributed by atoms with Gasteiger partial charge >= 0.3 is 0 Å². The predicted molar refractivity (Wildman–Crippen MR) is 99.6 cm³/mol. The highest BCUT2D eigenvalue weighted by Crippen LogP contribution is 2.37. The normalized spacial score (nSPS) is 23.1. The van der Waals surface area contributed by atoms with Gasteiger partial charge in [-0.25, -0.2) is 5.43 Å². The zero-order valence-corrected chi connectivity index (χ0v) is 15.1. The van der Waals surface area contributed by atoms with Crippen molar-refractivity contribution in [2.24, 2.45) is 0 Å². The molecule has 0 radical (unpaired) electrons. The number of carbonyl (C=O) groups is 1. The number of fused-ring (bicyclic) bond motifs is 2. The van der Waals surface area contributed by atoms with E-state index >= 15 is 0 Å². The van der Waals surface area contributed by atoms with Crippen LogP contribution in [0.5, 0.6) is 11.5 Å². The number of aryl methyl sites for hydroxylation is 1. The first-order valence-corrected chi connectivity index (χ1v) is 9.16. The molecule has 3 aliphatic heterocycles. The molecule has 1 amide bonds. The molecule has 1 saturated heterocycles. The van der Waals surface area contributed by atoms with Gasteiger partial charge in [-0.1, -0.05) is 35.9 Å². The Morgan fingerprint density at radius 2 is 2.00 bits per heavy atom. The number of hydrazine groups is 1. The summed E-state index contributed by atoms with van der Waals surface area (Å²) in [6.45, 7) is 2.92. The first-order valence-electron chi connectivity index (χ1n) is 9.16. The van der Waals surface area contributed by atoms with Crippen molar-refractivity contribution in [1.82, 2.24) is 15.3 Å². The number of rotatable bonds is 3. The van der Waals surface area contributed by atoms with Gasteiger partial charge in [0.1, 0.15) is 6.04 Å². The lowest BCUT2D eigenvalue weighted by atomic mass is 10.00. The molecule has 0 aromatic heterocycles. The monoisotopic (exact) mass is 363 g/mol. The van der Waals surface area contributed by atoms with Crippen molar-refractivity contribution in [1.29, 1.82) is 0 Å². The average Bonchev–Trinajstić information content (AvgIpc) is 3.30. The molecule has 2 aromatic rings. The van der Waals surface area contributed by atoms with E-state index in [0.29, 0.717) is 13.0 Å². The first-order chi connectivity index (χ1) is 13.2. The zero-order valence-electron chi connectivity index (χ0n) is 15.1. The molecule has 0 spiro atoms. The van der Waals surface area contributed by atoms with Gasteiger partial charge < -0.3 is 19.4 Å². The summed E-state index contributed by atoms with van der Waals surface area (Å²) in [5, 5.41) is 1.92. The van der Waals surface area contributed by atoms with Gasteiger partial charge in [-0.05, 0) is 36.6 Å². The molecular weight excluding hydrogens is 342 g/mol. The first kappa shape index (κ1) is 16.2. The van der Waals surface area contributed by atoms with E-state index in [2.05, 4.69) is 30.5 Å².